The Hall–Kier alpha value is -2.19. The van der Waals surface area contributed by atoms with E-state index in [0.29, 0.717) is 5.02 Å². The van der Waals surface area contributed by atoms with E-state index in [0.717, 1.165) is 15.6 Å². The van der Waals surface area contributed by atoms with Crippen LogP contribution in [0.15, 0.2) is 88.2 Å². The van der Waals surface area contributed by atoms with Crippen molar-refractivity contribution in [3.63, 3.8) is 0 Å². The number of rotatable bonds is 8. The van der Waals surface area contributed by atoms with Gasteiger partial charge in [0.1, 0.15) is 6.04 Å². The third kappa shape index (κ3) is 6.64. The van der Waals surface area contributed by atoms with Gasteiger partial charge in [-0.25, -0.2) is 8.42 Å². The zero-order valence-corrected chi connectivity index (χ0v) is 19.9. The van der Waals surface area contributed by atoms with Gasteiger partial charge in [-0.15, -0.1) is 0 Å². The van der Waals surface area contributed by atoms with Gasteiger partial charge in [-0.05, 0) is 60.9 Å². The molecule has 5 nitrogen and oxygen atoms in total. The first-order valence-electron chi connectivity index (χ1n) is 9.62. The second-order valence-corrected chi connectivity index (χ2v) is 10.2. The van der Waals surface area contributed by atoms with Gasteiger partial charge in [0.2, 0.25) is 15.9 Å². The number of nitrogens with one attached hydrogen (secondary N) is 2. The molecule has 31 heavy (non-hydrogen) atoms. The molecule has 2 N–H and O–H groups in total. The number of carbonyl (C=O) groups excluding carboxylic acids is 1. The summed E-state index contributed by atoms with van der Waals surface area (Å²) in [6.07, 6.45) is 0.213. The van der Waals surface area contributed by atoms with Crippen LogP contribution in [0.4, 0.5) is 0 Å². The molecule has 8 heteroatoms. The topological polar surface area (TPSA) is 75.3 Å². The molecule has 0 saturated carbocycles. The van der Waals surface area contributed by atoms with Crippen molar-refractivity contribution in [3.05, 3.63) is 99.5 Å². The van der Waals surface area contributed by atoms with Crippen LogP contribution in [0.3, 0.4) is 0 Å². The molecular formula is C23H22BrClN2O3S. The summed E-state index contributed by atoms with van der Waals surface area (Å²) in [5.74, 6) is -0.408. The molecule has 0 radical (unpaired) electrons. The fourth-order valence-corrected chi connectivity index (χ4v) is 4.82. The number of halogens is 2. The fourth-order valence-electron chi connectivity index (χ4n) is 3.08. The highest BCUT2D eigenvalue weighted by molar-refractivity contribution is 9.10. The zero-order chi connectivity index (χ0) is 22.4. The number of benzene rings is 3. The van der Waals surface area contributed by atoms with E-state index >= 15 is 0 Å². The van der Waals surface area contributed by atoms with Gasteiger partial charge in [0, 0.05) is 9.50 Å². The first kappa shape index (κ1) is 23.5. The van der Waals surface area contributed by atoms with Gasteiger partial charge >= 0.3 is 0 Å². The maximum atomic E-state index is 13.1. The van der Waals surface area contributed by atoms with E-state index < -0.39 is 22.0 Å². The van der Waals surface area contributed by atoms with Crippen molar-refractivity contribution in [2.24, 2.45) is 0 Å². The van der Waals surface area contributed by atoms with Crippen molar-refractivity contribution in [1.82, 2.24) is 10.0 Å². The summed E-state index contributed by atoms with van der Waals surface area (Å²) in [4.78, 5) is 13.2. The lowest BCUT2D eigenvalue weighted by molar-refractivity contribution is -0.123. The lowest BCUT2D eigenvalue weighted by Gasteiger charge is -2.22. The van der Waals surface area contributed by atoms with E-state index in [9.17, 15) is 13.2 Å². The van der Waals surface area contributed by atoms with Gasteiger partial charge in [0.15, 0.2) is 0 Å². The van der Waals surface area contributed by atoms with E-state index in [4.69, 9.17) is 11.6 Å². The maximum absolute atomic E-state index is 13.1. The van der Waals surface area contributed by atoms with Gasteiger partial charge in [-0.2, -0.15) is 4.72 Å². The Balaban J connectivity index is 1.83. The van der Waals surface area contributed by atoms with E-state index in [2.05, 4.69) is 26.0 Å². The van der Waals surface area contributed by atoms with Crippen molar-refractivity contribution in [1.29, 1.82) is 0 Å². The third-order valence-corrected chi connectivity index (χ3v) is 6.96. The van der Waals surface area contributed by atoms with Gasteiger partial charge in [-0.1, -0.05) is 70.0 Å². The lowest BCUT2D eigenvalue weighted by Crippen LogP contribution is -2.48. The summed E-state index contributed by atoms with van der Waals surface area (Å²) in [7, 11) is -3.93. The summed E-state index contributed by atoms with van der Waals surface area (Å²) in [6.45, 7) is 1.85. The normalized spacial score (nSPS) is 13.4. The Morgan fingerprint density at radius 1 is 1.00 bits per heavy atom. The van der Waals surface area contributed by atoms with Crippen molar-refractivity contribution in [2.45, 2.75) is 30.3 Å². The Morgan fingerprint density at radius 3 is 2.32 bits per heavy atom. The lowest BCUT2D eigenvalue weighted by atomic mass is 10.0. The number of sulfonamides is 1. The average Bonchev–Trinajstić information content (AvgIpc) is 2.74. The monoisotopic (exact) mass is 520 g/mol. The van der Waals surface area contributed by atoms with Crippen molar-refractivity contribution in [3.8, 4) is 0 Å². The molecule has 0 spiro atoms. The molecule has 0 fully saturated rings. The molecule has 0 saturated heterocycles. The molecule has 0 aliphatic heterocycles. The minimum Gasteiger partial charge on any atom is -0.348 e. The standard InChI is InChI=1S/C23H22BrClN2O3S/c1-16(18-8-5-9-19(24)15-18)26-23(28)22(14-17-6-3-2-4-7-17)27-31(29,30)21-12-10-20(25)11-13-21/h2-13,15-16,22,27H,14H2,1H3,(H,26,28)/t16-,22+/m0/s1. The molecule has 162 valence electrons. The highest BCUT2D eigenvalue weighted by atomic mass is 79.9. The number of hydrogen-bond acceptors (Lipinski definition) is 3. The second kappa shape index (κ2) is 10.4. The van der Waals surface area contributed by atoms with Crippen LogP contribution in [0.5, 0.6) is 0 Å². The second-order valence-electron chi connectivity index (χ2n) is 7.10. The van der Waals surface area contributed by atoms with E-state index in [1.165, 1.54) is 24.3 Å². The predicted octanol–water partition coefficient (Wildman–Crippen LogP) is 4.87. The molecule has 0 aromatic heterocycles. The van der Waals surface area contributed by atoms with E-state index in [-0.39, 0.29) is 17.4 Å². The summed E-state index contributed by atoms with van der Waals surface area (Å²) >= 11 is 9.30. The van der Waals surface area contributed by atoms with Gasteiger partial charge in [-0.3, -0.25) is 4.79 Å². The minimum atomic E-state index is -3.93. The van der Waals surface area contributed by atoms with E-state index in [1.807, 2.05) is 61.5 Å². The van der Waals surface area contributed by atoms with Crippen LogP contribution in [0.2, 0.25) is 5.02 Å². The highest BCUT2D eigenvalue weighted by Crippen LogP contribution is 2.19. The van der Waals surface area contributed by atoms with Gasteiger partial charge in [0.25, 0.3) is 0 Å². The SMILES string of the molecule is C[C@H](NC(=O)[C@@H](Cc1ccccc1)NS(=O)(=O)c1ccc(Cl)cc1)c1cccc(Br)c1. The Kier molecular flexibility index (Phi) is 7.89. The molecule has 0 aliphatic carbocycles. The average molecular weight is 522 g/mol. The molecule has 2 atom stereocenters. The quantitative estimate of drug-likeness (QED) is 0.444. The smallest absolute Gasteiger partial charge is 0.241 e. The van der Waals surface area contributed by atoms with Crippen LogP contribution in [-0.2, 0) is 21.2 Å². The van der Waals surface area contributed by atoms with Crippen molar-refractivity contribution >= 4 is 43.5 Å². The van der Waals surface area contributed by atoms with Crippen LogP contribution < -0.4 is 10.0 Å². The molecule has 3 rings (SSSR count). The summed E-state index contributed by atoms with van der Waals surface area (Å²) < 4.78 is 29.3. The van der Waals surface area contributed by atoms with Crippen molar-refractivity contribution < 1.29 is 13.2 Å². The predicted molar refractivity (Wildman–Crippen MR) is 126 cm³/mol. The fraction of sp³-hybridized carbons (Fsp3) is 0.174. The van der Waals surface area contributed by atoms with Gasteiger partial charge in [0.05, 0.1) is 10.9 Å². The highest BCUT2D eigenvalue weighted by Gasteiger charge is 2.27. The maximum Gasteiger partial charge on any atom is 0.241 e. The van der Waals surface area contributed by atoms with Crippen LogP contribution in [0, 0.1) is 0 Å². The van der Waals surface area contributed by atoms with Crippen molar-refractivity contribution in [2.75, 3.05) is 0 Å². The van der Waals surface area contributed by atoms with Crippen LogP contribution >= 0.6 is 27.5 Å². The largest absolute Gasteiger partial charge is 0.348 e. The molecule has 3 aromatic rings. The molecule has 0 bridgehead atoms. The third-order valence-electron chi connectivity index (χ3n) is 4.73. The zero-order valence-electron chi connectivity index (χ0n) is 16.8. The minimum absolute atomic E-state index is 0.0443. The van der Waals surface area contributed by atoms with Crippen LogP contribution in [0.1, 0.15) is 24.1 Å². The van der Waals surface area contributed by atoms with E-state index in [1.54, 1.807) is 0 Å². The molecule has 0 unspecified atom stereocenters. The molecule has 3 aromatic carbocycles. The number of amides is 1. The first-order valence-corrected chi connectivity index (χ1v) is 12.3. The first-order chi connectivity index (χ1) is 14.7. The van der Waals surface area contributed by atoms with Crippen LogP contribution in [0.25, 0.3) is 0 Å². The molecule has 0 aliphatic rings. The summed E-state index contributed by atoms with van der Waals surface area (Å²) in [5, 5.41) is 3.35. The Morgan fingerprint density at radius 2 is 1.68 bits per heavy atom. The molecular weight excluding hydrogens is 500 g/mol. The summed E-state index contributed by atoms with van der Waals surface area (Å²) in [6, 6.07) is 21.4. The van der Waals surface area contributed by atoms with Gasteiger partial charge < -0.3 is 5.32 Å². The molecule has 1 amide bonds. The van der Waals surface area contributed by atoms with Crippen LogP contribution in [-0.4, -0.2) is 20.4 Å². The Labute approximate surface area is 196 Å². The molecule has 0 heterocycles. The summed E-state index contributed by atoms with van der Waals surface area (Å²) in [5.41, 5.74) is 1.75. The number of hydrogen-bond donors (Lipinski definition) is 2. The number of carbonyl (C=O) groups is 1. The Bertz CT molecular complexity index is 1140.